The van der Waals surface area contributed by atoms with Gasteiger partial charge in [-0.2, -0.15) is 0 Å². The van der Waals surface area contributed by atoms with Gasteiger partial charge < -0.3 is 10.2 Å². The van der Waals surface area contributed by atoms with Crippen LogP contribution in [0.3, 0.4) is 0 Å². The zero-order chi connectivity index (χ0) is 8.85. The minimum Gasteiger partial charge on any atom is -0.328 e. The van der Waals surface area contributed by atoms with E-state index in [0.717, 1.165) is 6.54 Å². The maximum Gasteiger partial charge on any atom is 0.223 e. The fourth-order valence-corrected chi connectivity index (χ4v) is 1.03. The van der Waals surface area contributed by atoms with E-state index in [9.17, 15) is 4.79 Å². The molecule has 0 aromatic heterocycles. The maximum absolute atomic E-state index is 11.2. The van der Waals surface area contributed by atoms with Crippen molar-refractivity contribution in [1.29, 1.82) is 0 Å². The van der Waals surface area contributed by atoms with E-state index in [1.165, 1.54) is 0 Å². The van der Waals surface area contributed by atoms with Gasteiger partial charge in [0.1, 0.15) is 0 Å². The summed E-state index contributed by atoms with van der Waals surface area (Å²) in [7, 11) is 1.86. The maximum atomic E-state index is 11.2. The zero-order valence-electron chi connectivity index (χ0n) is 7.85. The van der Waals surface area contributed by atoms with E-state index in [-0.39, 0.29) is 12.1 Å². The van der Waals surface area contributed by atoms with Gasteiger partial charge in [-0.05, 0) is 20.9 Å². The second-order valence-electron chi connectivity index (χ2n) is 2.50. The van der Waals surface area contributed by atoms with Crippen molar-refractivity contribution in [3.63, 3.8) is 0 Å². The zero-order valence-corrected chi connectivity index (χ0v) is 7.85. The quantitative estimate of drug-likeness (QED) is 0.614. The summed E-state index contributed by atoms with van der Waals surface area (Å²) in [4.78, 5) is 13.0. The van der Waals surface area contributed by atoms with E-state index in [0.29, 0.717) is 6.42 Å². The van der Waals surface area contributed by atoms with Gasteiger partial charge in [-0.1, -0.05) is 6.92 Å². The monoisotopic (exact) mass is 158 g/mol. The van der Waals surface area contributed by atoms with Crippen molar-refractivity contribution in [2.24, 2.45) is 0 Å². The van der Waals surface area contributed by atoms with Gasteiger partial charge in [-0.3, -0.25) is 4.79 Å². The molecular weight excluding hydrogens is 140 g/mol. The van der Waals surface area contributed by atoms with Crippen LogP contribution in [0.4, 0.5) is 0 Å². The van der Waals surface area contributed by atoms with Crippen LogP contribution < -0.4 is 5.32 Å². The highest BCUT2D eigenvalue weighted by molar-refractivity contribution is 5.76. The first-order valence-electron chi connectivity index (χ1n) is 4.14. The molecule has 0 saturated carbocycles. The molecule has 0 aliphatic carbocycles. The molecule has 0 aromatic carbocycles. The molecule has 1 atom stereocenters. The molecule has 0 aliphatic heterocycles. The first kappa shape index (κ1) is 10.4. The third-order valence-corrected chi connectivity index (χ3v) is 1.85. The molecule has 0 spiro atoms. The van der Waals surface area contributed by atoms with Crippen molar-refractivity contribution in [2.45, 2.75) is 33.4 Å². The van der Waals surface area contributed by atoms with Gasteiger partial charge in [0.2, 0.25) is 5.91 Å². The fourth-order valence-electron chi connectivity index (χ4n) is 1.03. The van der Waals surface area contributed by atoms with Crippen molar-refractivity contribution >= 4 is 5.91 Å². The Balaban J connectivity index is 4.03. The summed E-state index contributed by atoms with van der Waals surface area (Å²) < 4.78 is 0. The van der Waals surface area contributed by atoms with Gasteiger partial charge in [0.05, 0.1) is 6.17 Å². The van der Waals surface area contributed by atoms with Crippen molar-refractivity contribution in [3.05, 3.63) is 0 Å². The Labute approximate surface area is 68.8 Å². The summed E-state index contributed by atoms with van der Waals surface area (Å²) in [6.45, 7) is 6.63. The van der Waals surface area contributed by atoms with E-state index < -0.39 is 0 Å². The lowest BCUT2D eigenvalue weighted by Crippen LogP contribution is -2.45. The Hall–Kier alpha value is -0.570. The summed E-state index contributed by atoms with van der Waals surface area (Å²) in [6, 6.07) is 0. The van der Waals surface area contributed by atoms with Crippen molar-refractivity contribution in [1.82, 2.24) is 10.2 Å². The molecule has 0 rings (SSSR count). The Morgan fingerprint density at radius 2 is 2.09 bits per heavy atom. The highest BCUT2D eigenvalue weighted by Gasteiger charge is 2.13. The van der Waals surface area contributed by atoms with Crippen LogP contribution in [-0.2, 0) is 4.79 Å². The largest absolute Gasteiger partial charge is 0.328 e. The Bertz CT molecular complexity index is 125. The van der Waals surface area contributed by atoms with E-state index in [1.54, 1.807) is 0 Å². The summed E-state index contributed by atoms with van der Waals surface area (Å²) in [5, 5.41) is 3.04. The predicted octanol–water partition coefficient (Wildman–Crippen LogP) is 0.810. The van der Waals surface area contributed by atoms with Gasteiger partial charge >= 0.3 is 0 Å². The molecule has 1 unspecified atom stereocenters. The minimum absolute atomic E-state index is 0.146. The van der Waals surface area contributed by atoms with Crippen LogP contribution in [0.2, 0.25) is 0 Å². The molecule has 0 bridgehead atoms. The van der Waals surface area contributed by atoms with Crippen molar-refractivity contribution in [3.8, 4) is 0 Å². The van der Waals surface area contributed by atoms with Crippen LogP contribution in [-0.4, -0.2) is 30.6 Å². The van der Waals surface area contributed by atoms with Gasteiger partial charge in [0.25, 0.3) is 0 Å². The molecule has 0 aliphatic rings. The average Bonchev–Trinajstić information content (AvgIpc) is 2.05. The predicted molar refractivity (Wildman–Crippen MR) is 46.2 cm³/mol. The lowest BCUT2D eigenvalue weighted by molar-refractivity contribution is -0.133. The smallest absolute Gasteiger partial charge is 0.223 e. The first-order valence-corrected chi connectivity index (χ1v) is 4.14. The highest BCUT2D eigenvalue weighted by atomic mass is 16.2. The average molecular weight is 158 g/mol. The summed E-state index contributed by atoms with van der Waals surface area (Å²) in [6.07, 6.45) is 0.729. The number of carbonyl (C=O) groups is 1. The van der Waals surface area contributed by atoms with E-state index in [4.69, 9.17) is 0 Å². The summed E-state index contributed by atoms with van der Waals surface area (Å²) >= 11 is 0. The van der Waals surface area contributed by atoms with Gasteiger partial charge in [0, 0.05) is 13.0 Å². The molecule has 0 fully saturated rings. The third kappa shape index (κ3) is 2.89. The third-order valence-electron chi connectivity index (χ3n) is 1.85. The van der Waals surface area contributed by atoms with E-state index in [2.05, 4.69) is 5.32 Å². The number of amides is 1. The van der Waals surface area contributed by atoms with Gasteiger partial charge in [-0.15, -0.1) is 0 Å². The highest BCUT2D eigenvalue weighted by Crippen LogP contribution is 1.97. The van der Waals surface area contributed by atoms with Crippen molar-refractivity contribution in [2.75, 3.05) is 13.6 Å². The molecule has 0 aromatic rings. The van der Waals surface area contributed by atoms with Crippen LogP contribution in [0.1, 0.15) is 27.2 Å². The topological polar surface area (TPSA) is 32.3 Å². The second-order valence-corrected chi connectivity index (χ2v) is 2.50. The number of carbonyl (C=O) groups excluding carboxylic acids is 1. The molecule has 0 saturated heterocycles. The lowest BCUT2D eigenvalue weighted by atomic mass is 10.3. The first-order chi connectivity index (χ1) is 5.17. The molecule has 1 N–H and O–H groups in total. The Kier molecular flexibility index (Phi) is 4.86. The standard InChI is InChI=1S/C8H18N2O/c1-5-8(11)10(6-2)7(3)9-4/h7,9H,5-6H2,1-4H3. The summed E-state index contributed by atoms with van der Waals surface area (Å²) in [5.74, 6) is 0.203. The van der Waals surface area contributed by atoms with Crippen LogP contribution in [0.15, 0.2) is 0 Å². The molecule has 66 valence electrons. The molecule has 11 heavy (non-hydrogen) atoms. The minimum atomic E-state index is 0.146. The lowest BCUT2D eigenvalue weighted by Gasteiger charge is -2.27. The van der Waals surface area contributed by atoms with E-state index >= 15 is 0 Å². The van der Waals surface area contributed by atoms with Crippen LogP contribution >= 0.6 is 0 Å². The summed E-state index contributed by atoms with van der Waals surface area (Å²) in [5.41, 5.74) is 0. The van der Waals surface area contributed by atoms with Gasteiger partial charge in [0.15, 0.2) is 0 Å². The SMILES string of the molecule is CCC(=O)N(CC)C(C)NC. The molecule has 3 heteroatoms. The molecule has 3 nitrogen and oxygen atoms in total. The van der Waals surface area contributed by atoms with Crippen LogP contribution in [0.25, 0.3) is 0 Å². The number of hydrogen-bond acceptors (Lipinski definition) is 2. The number of hydrogen-bond donors (Lipinski definition) is 1. The second kappa shape index (κ2) is 5.13. The normalized spacial score (nSPS) is 12.7. The molecule has 0 radical (unpaired) electrons. The molecule has 0 heterocycles. The number of nitrogens with zero attached hydrogens (tertiary/aromatic N) is 1. The number of rotatable bonds is 4. The van der Waals surface area contributed by atoms with Crippen molar-refractivity contribution < 1.29 is 4.79 Å². The van der Waals surface area contributed by atoms with Crippen LogP contribution in [0.5, 0.6) is 0 Å². The van der Waals surface area contributed by atoms with E-state index in [1.807, 2.05) is 32.7 Å². The number of nitrogens with one attached hydrogen (secondary N) is 1. The van der Waals surface area contributed by atoms with Gasteiger partial charge in [-0.25, -0.2) is 0 Å². The van der Waals surface area contributed by atoms with Crippen LogP contribution in [0, 0.1) is 0 Å². The molecule has 1 amide bonds. The Morgan fingerprint density at radius 3 is 2.36 bits per heavy atom. The fraction of sp³-hybridized carbons (Fsp3) is 0.875. The molecular formula is C8H18N2O. The Morgan fingerprint density at radius 1 is 1.55 bits per heavy atom.